The van der Waals surface area contributed by atoms with Crippen LogP contribution in [0, 0.1) is 0 Å². The Balaban J connectivity index is 1.27. The summed E-state index contributed by atoms with van der Waals surface area (Å²) in [5.41, 5.74) is 2.72. The van der Waals surface area contributed by atoms with E-state index in [1.54, 1.807) is 11.0 Å². The van der Waals surface area contributed by atoms with Crippen molar-refractivity contribution in [3.63, 3.8) is 0 Å². The molecule has 2 aromatic rings. The van der Waals surface area contributed by atoms with Gasteiger partial charge in [0.2, 0.25) is 0 Å². The number of ether oxygens (including phenoxy) is 3. The number of nitrogens with one attached hydrogen (secondary N) is 1. The van der Waals surface area contributed by atoms with Crippen molar-refractivity contribution in [2.75, 3.05) is 53.0 Å². The maximum atomic E-state index is 12.8. The van der Waals surface area contributed by atoms with E-state index in [-0.39, 0.29) is 17.3 Å². The molecule has 0 radical (unpaired) electrons. The van der Waals surface area contributed by atoms with E-state index in [1.165, 1.54) is 31.4 Å². The Morgan fingerprint density at radius 3 is 2.20 bits per heavy atom. The number of amides is 2. The van der Waals surface area contributed by atoms with Crippen molar-refractivity contribution in [1.29, 1.82) is 0 Å². The van der Waals surface area contributed by atoms with Crippen molar-refractivity contribution < 1.29 is 54.1 Å². The molecule has 2 aliphatic rings. The number of piperazine rings is 1. The number of aliphatic hydroxyl groups is 5. The lowest BCUT2D eigenvalue weighted by molar-refractivity contribution is -0.113. The SMILES string of the molecule is CCOc1cc(C(=O)OC)c(C2CC2)cc1CN1CCN(C(=O)Oc2ccc(C(=O)NC[C@H](O)[C@@H](O)[C@H](O)[C@H](O)CO)cc2)CC1. The molecule has 14 heteroatoms. The van der Waals surface area contributed by atoms with E-state index >= 15 is 0 Å². The normalized spacial score (nSPS) is 17.8. The summed E-state index contributed by atoms with van der Waals surface area (Å²) in [5.74, 6) is 0.273. The van der Waals surface area contributed by atoms with E-state index in [9.17, 15) is 34.8 Å². The van der Waals surface area contributed by atoms with E-state index in [1.807, 2.05) is 6.92 Å². The first kappa shape index (κ1) is 35.1. The number of nitrogens with zero attached hydrogens (tertiary/aromatic N) is 2. The Morgan fingerprint density at radius 1 is 0.957 bits per heavy atom. The second kappa shape index (κ2) is 16.2. The van der Waals surface area contributed by atoms with Crippen LogP contribution in [0.2, 0.25) is 0 Å². The number of esters is 1. The van der Waals surface area contributed by atoms with Crippen LogP contribution in [0.4, 0.5) is 4.79 Å². The second-order valence-electron chi connectivity index (χ2n) is 11.4. The van der Waals surface area contributed by atoms with Crippen molar-refractivity contribution in [3.8, 4) is 11.5 Å². The number of carbonyl (C=O) groups excluding carboxylic acids is 3. The van der Waals surface area contributed by atoms with Gasteiger partial charge < -0.3 is 50.0 Å². The molecule has 2 amide bonds. The Hall–Kier alpha value is -3.79. The van der Waals surface area contributed by atoms with E-state index in [0.29, 0.717) is 56.6 Å². The van der Waals surface area contributed by atoms with Gasteiger partial charge in [-0.05, 0) is 67.6 Å². The monoisotopic (exact) mass is 645 g/mol. The molecule has 0 spiro atoms. The molecule has 2 fully saturated rings. The smallest absolute Gasteiger partial charge is 0.415 e. The molecular formula is C32H43N3O11. The minimum Gasteiger partial charge on any atom is -0.494 e. The molecule has 1 heterocycles. The fourth-order valence-corrected chi connectivity index (χ4v) is 5.23. The third-order valence-corrected chi connectivity index (χ3v) is 8.10. The van der Waals surface area contributed by atoms with Crippen LogP contribution in [0.25, 0.3) is 0 Å². The molecule has 0 aromatic heterocycles. The number of rotatable bonds is 14. The van der Waals surface area contributed by atoms with Gasteiger partial charge in [0.25, 0.3) is 5.91 Å². The maximum Gasteiger partial charge on any atom is 0.415 e. The second-order valence-corrected chi connectivity index (χ2v) is 11.4. The van der Waals surface area contributed by atoms with Crippen molar-refractivity contribution in [2.45, 2.75) is 56.6 Å². The summed E-state index contributed by atoms with van der Waals surface area (Å²) in [6.07, 6.45) is -5.28. The van der Waals surface area contributed by atoms with Crippen LogP contribution >= 0.6 is 0 Å². The van der Waals surface area contributed by atoms with Gasteiger partial charge in [-0.1, -0.05) is 0 Å². The zero-order chi connectivity index (χ0) is 33.4. The van der Waals surface area contributed by atoms with E-state index < -0.39 is 49.6 Å². The van der Waals surface area contributed by atoms with E-state index in [4.69, 9.17) is 19.3 Å². The Morgan fingerprint density at radius 2 is 1.61 bits per heavy atom. The predicted octanol–water partition coefficient (Wildman–Crippen LogP) is 0.232. The number of methoxy groups -OCH3 is 1. The van der Waals surface area contributed by atoms with Crippen LogP contribution in [-0.4, -0.2) is 131 Å². The topological polar surface area (TPSA) is 199 Å². The quantitative estimate of drug-likeness (QED) is 0.153. The van der Waals surface area contributed by atoms with Crippen LogP contribution < -0.4 is 14.8 Å². The lowest BCUT2D eigenvalue weighted by atomic mass is 9.98. The van der Waals surface area contributed by atoms with Gasteiger partial charge >= 0.3 is 12.1 Å². The minimum atomic E-state index is -1.80. The van der Waals surface area contributed by atoms with Gasteiger partial charge in [-0.2, -0.15) is 0 Å². The highest BCUT2D eigenvalue weighted by Crippen LogP contribution is 2.44. The first-order chi connectivity index (χ1) is 22.1. The van der Waals surface area contributed by atoms with Crippen LogP contribution in [-0.2, 0) is 11.3 Å². The highest BCUT2D eigenvalue weighted by atomic mass is 16.6. The zero-order valence-electron chi connectivity index (χ0n) is 26.0. The van der Waals surface area contributed by atoms with E-state index in [2.05, 4.69) is 16.3 Å². The molecule has 14 nitrogen and oxygen atoms in total. The van der Waals surface area contributed by atoms with Crippen molar-refractivity contribution >= 4 is 18.0 Å². The van der Waals surface area contributed by atoms with Crippen molar-refractivity contribution in [3.05, 3.63) is 58.7 Å². The molecule has 252 valence electrons. The highest BCUT2D eigenvalue weighted by molar-refractivity contribution is 5.94. The van der Waals surface area contributed by atoms with Gasteiger partial charge in [0.05, 0.1) is 32.0 Å². The predicted molar refractivity (Wildman–Crippen MR) is 164 cm³/mol. The van der Waals surface area contributed by atoms with E-state index in [0.717, 1.165) is 24.0 Å². The zero-order valence-corrected chi connectivity index (χ0v) is 26.0. The van der Waals surface area contributed by atoms with Gasteiger partial charge in [0.15, 0.2) is 0 Å². The number of hydrogen-bond acceptors (Lipinski definition) is 12. The van der Waals surface area contributed by atoms with Crippen LogP contribution in [0.3, 0.4) is 0 Å². The fraction of sp³-hybridized carbons (Fsp3) is 0.531. The van der Waals surface area contributed by atoms with Crippen molar-refractivity contribution in [1.82, 2.24) is 15.1 Å². The average molecular weight is 646 g/mol. The molecule has 46 heavy (non-hydrogen) atoms. The Kier molecular flexibility index (Phi) is 12.3. The molecule has 4 rings (SSSR count). The van der Waals surface area contributed by atoms with Gasteiger partial charge in [-0.15, -0.1) is 0 Å². The average Bonchev–Trinajstić information content (AvgIpc) is 3.92. The number of hydrogen-bond donors (Lipinski definition) is 6. The first-order valence-electron chi connectivity index (χ1n) is 15.3. The summed E-state index contributed by atoms with van der Waals surface area (Å²) in [6.45, 7) is 3.81. The summed E-state index contributed by atoms with van der Waals surface area (Å²) in [4.78, 5) is 41.5. The molecule has 1 aliphatic heterocycles. The summed E-state index contributed by atoms with van der Waals surface area (Å²) in [5, 5.41) is 50.2. The summed E-state index contributed by atoms with van der Waals surface area (Å²) in [7, 11) is 1.37. The maximum absolute atomic E-state index is 12.8. The number of benzene rings is 2. The summed E-state index contributed by atoms with van der Waals surface area (Å²) in [6, 6.07) is 9.62. The molecule has 4 atom stereocenters. The minimum absolute atomic E-state index is 0.196. The van der Waals surface area contributed by atoms with Crippen LogP contribution in [0.15, 0.2) is 36.4 Å². The van der Waals surface area contributed by atoms with Gasteiger partial charge in [-0.3, -0.25) is 9.69 Å². The number of aliphatic hydroxyl groups excluding tert-OH is 5. The van der Waals surface area contributed by atoms with Crippen LogP contribution in [0.5, 0.6) is 11.5 Å². The molecule has 2 aromatic carbocycles. The highest BCUT2D eigenvalue weighted by Gasteiger charge is 2.32. The Bertz CT molecular complexity index is 1340. The van der Waals surface area contributed by atoms with Gasteiger partial charge in [-0.25, -0.2) is 9.59 Å². The molecule has 1 aliphatic carbocycles. The van der Waals surface area contributed by atoms with Crippen molar-refractivity contribution in [2.24, 2.45) is 0 Å². The molecule has 0 bridgehead atoms. The first-order valence-corrected chi connectivity index (χ1v) is 15.3. The summed E-state index contributed by atoms with van der Waals surface area (Å²) < 4.78 is 16.4. The molecule has 1 saturated carbocycles. The standard InChI is InChI=1S/C32H43N3O11/c1-3-45-27-15-24(31(42)44-2)23(19-4-5-19)14-21(27)17-34-10-12-35(13-11-34)32(43)46-22-8-6-20(7-9-22)30(41)33-16-25(37)28(39)29(40)26(38)18-36/h6-9,14-15,19,25-26,28-29,36-40H,3-5,10-13,16-18H2,1-2H3,(H,33,41)/t25-,26+,28+,29+/m0/s1. The third-order valence-electron chi connectivity index (χ3n) is 8.10. The largest absolute Gasteiger partial charge is 0.494 e. The molecule has 1 saturated heterocycles. The summed E-state index contributed by atoms with van der Waals surface area (Å²) >= 11 is 0. The Labute approximate surface area is 267 Å². The van der Waals surface area contributed by atoms with Crippen LogP contribution in [0.1, 0.15) is 57.5 Å². The third kappa shape index (κ3) is 8.93. The number of carbonyl (C=O) groups is 3. The fourth-order valence-electron chi connectivity index (χ4n) is 5.23. The van der Waals surface area contributed by atoms with Gasteiger partial charge in [0.1, 0.15) is 29.8 Å². The molecular weight excluding hydrogens is 602 g/mol. The van der Waals surface area contributed by atoms with Gasteiger partial charge in [0, 0.05) is 50.4 Å². The lowest BCUT2D eigenvalue weighted by Gasteiger charge is -2.34. The molecule has 0 unspecified atom stereocenters. The molecule has 6 N–H and O–H groups in total. The lowest BCUT2D eigenvalue weighted by Crippen LogP contribution is -2.49.